The molecule has 0 saturated carbocycles. The van der Waals surface area contributed by atoms with Crippen molar-refractivity contribution in [2.24, 2.45) is 5.41 Å². The van der Waals surface area contributed by atoms with Gasteiger partial charge in [-0.3, -0.25) is 9.78 Å². The number of benzene rings is 2. The average molecular weight is 728 g/mol. The maximum absolute atomic E-state index is 14.6. The van der Waals surface area contributed by atoms with Crippen LogP contribution < -0.4 is 14.4 Å². The highest BCUT2D eigenvalue weighted by atomic mass is 32.2. The number of sulfonamides is 1. The number of rotatable bonds is 8. The van der Waals surface area contributed by atoms with E-state index in [0.717, 1.165) is 48.3 Å². The van der Waals surface area contributed by atoms with Crippen LogP contribution in [0.1, 0.15) is 80.6 Å². The van der Waals surface area contributed by atoms with Gasteiger partial charge in [0.2, 0.25) is 11.8 Å². The normalized spacial score (nSPS) is 19.6. The number of hydrogen-bond acceptors (Lipinski definition) is 10. The molecule has 1 amide bonds. The highest BCUT2D eigenvalue weighted by molar-refractivity contribution is 7.92. The van der Waals surface area contributed by atoms with E-state index in [9.17, 15) is 13.2 Å². The summed E-state index contributed by atoms with van der Waals surface area (Å²) in [5.74, 6) is 0.464. The lowest BCUT2D eigenvalue weighted by Gasteiger charge is -2.34. The van der Waals surface area contributed by atoms with Crippen LogP contribution in [0.15, 0.2) is 65.8 Å². The molecular weight excluding hydrogens is 679 g/mol. The summed E-state index contributed by atoms with van der Waals surface area (Å²) in [7, 11) is -2.47. The number of nitrogens with one attached hydrogen (secondary N) is 1. The molecule has 2 aliphatic heterocycles. The fourth-order valence-electron chi connectivity index (χ4n) is 7.02. The van der Waals surface area contributed by atoms with Crippen LogP contribution in [0.3, 0.4) is 0 Å². The van der Waals surface area contributed by atoms with Crippen LogP contribution in [0.25, 0.3) is 11.3 Å². The number of methoxy groups -OCH3 is 1. The molecule has 4 bridgehead atoms. The molecule has 1 N–H and O–H groups in total. The van der Waals surface area contributed by atoms with E-state index >= 15 is 0 Å². The number of nitrogens with zero attached hydrogens (tertiary/aromatic N) is 6. The number of hydrogen-bond donors (Lipinski definition) is 1. The van der Waals surface area contributed by atoms with Gasteiger partial charge in [-0.25, -0.2) is 23.1 Å². The predicted molar refractivity (Wildman–Crippen MR) is 201 cm³/mol. The standard InChI is InChI=1S/C39H49N7O5S/c1-25-11-8-12-26(2)36(25)32-20-35-43-38(42-32)44-52(48,49)31-14-9-13-28(19-31)37(47)46(30(24-51-35)16-17-39(4,5)6)23-29-21-40-22-34(41-29)45-18-10-15-33(45)27(3)50-7/h8-9,11-14,19-22,27,30,33H,10,15-18,23-24H2,1-7H3,(H,42,43,44)/t27-,30+,33-/m0/s1. The third-order valence-corrected chi connectivity index (χ3v) is 11.2. The Labute approximate surface area is 307 Å². The molecule has 12 nitrogen and oxygen atoms in total. The maximum atomic E-state index is 14.6. The number of anilines is 2. The molecule has 2 aromatic heterocycles. The molecule has 1 fully saturated rings. The first kappa shape index (κ1) is 37.1. The fraction of sp³-hybridized carbons (Fsp3) is 0.462. The number of aryl methyl sites for hydroxylation is 2. The Morgan fingerprint density at radius 1 is 1.04 bits per heavy atom. The summed E-state index contributed by atoms with van der Waals surface area (Å²) in [4.78, 5) is 37.2. The van der Waals surface area contributed by atoms with Crippen molar-refractivity contribution < 1.29 is 22.7 Å². The minimum absolute atomic E-state index is 0.0168. The first-order chi connectivity index (χ1) is 24.7. The lowest BCUT2D eigenvalue weighted by molar-refractivity contribution is 0.0549. The number of amides is 1. The molecule has 4 aromatic rings. The Balaban J connectivity index is 1.45. The summed E-state index contributed by atoms with van der Waals surface area (Å²) < 4.78 is 42.2. The number of aromatic nitrogens is 4. The van der Waals surface area contributed by atoms with Gasteiger partial charge >= 0.3 is 0 Å². The molecule has 0 aliphatic carbocycles. The van der Waals surface area contributed by atoms with E-state index in [2.05, 4.69) is 52.3 Å². The van der Waals surface area contributed by atoms with Gasteiger partial charge in [0.1, 0.15) is 12.4 Å². The third-order valence-electron chi connectivity index (χ3n) is 9.92. The van der Waals surface area contributed by atoms with Gasteiger partial charge in [0.05, 0.1) is 53.4 Å². The first-order valence-electron chi connectivity index (χ1n) is 17.8. The monoisotopic (exact) mass is 727 g/mol. The van der Waals surface area contributed by atoms with Gasteiger partial charge in [0, 0.05) is 30.8 Å². The van der Waals surface area contributed by atoms with Crippen LogP contribution in [-0.4, -0.2) is 77.6 Å². The Bertz CT molecular complexity index is 2010. The maximum Gasteiger partial charge on any atom is 0.264 e. The average Bonchev–Trinajstić information content (AvgIpc) is 3.60. The van der Waals surface area contributed by atoms with E-state index in [-0.39, 0.29) is 58.9 Å². The van der Waals surface area contributed by atoms with Crippen LogP contribution in [0, 0.1) is 19.3 Å². The van der Waals surface area contributed by atoms with Crippen molar-refractivity contribution in [1.82, 2.24) is 24.8 Å². The van der Waals surface area contributed by atoms with Gasteiger partial charge in [-0.15, -0.1) is 0 Å². The van der Waals surface area contributed by atoms with Crippen molar-refractivity contribution in [3.8, 4) is 17.1 Å². The Morgan fingerprint density at radius 3 is 2.52 bits per heavy atom. The molecule has 2 aromatic carbocycles. The molecule has 52 heavy (non-hydrogen) atoms. The van der Waals surface area contributed by atoms with Gasteiger partial charge in [-0.05, 0) is 81.2 Å². The van der Waals surface area contributed by atoms with Crippen LogP contribution in [0.5, 0.6) is 5.88 Å². The summed E-state index contributed by atoms with van der Waals surface area (Å²) in [5, 5.41) is 0. The quantitative estimate of drug-likeness (QED) is 0.212. The molecule has 3 atom stereocenters. The molecule has 0 spiro atoms. The summed E-state index contributed by atoms with van der Waals surface area (Å²) in [5.41, 5.74) is 4.14. The van der Waals surface area contributed by atoms with E-state index in [1.165, 1.54) is 12.1 Å². The van der Waals surface area contributed by atoms with Crippen molar-refractivity contribution >= 4 is 27.7 Å². The Kier molecular flexibility index (Phi) is 10.8. The zero-order valence-corrected chi connectivity index (χ0v) is 31.9. The van der Waals surface area contributed by atoms with Crippen LogP contribution in [-0.2, 0) is 21.3 Å². The minimum Gasteiger partial charge on any atom is -0.475 e. The second-order valence-corrected chi connectivity index (χ2v) is 16.7. The second-order valence-electron chi connectivity index (χ2n) is 15.0. The molecule has 0 radical (unpaired) electrons. The zero-order valence-electron chi connectivity index (χ0n) is 31.1. The van der Waals surface area contributed by atoms with Gasteiger partial charge in [0.15, 0.2) is 0 Å². The number of carbonyl (C=O) groups is 1. The van der Waals surface area contributed by atoms with E-state index in [0.29, 0.717) is 17.8 Å². The molecule has 2 aliphatic rings. The zero-order chi connectivity index (χ0) is 37.2. The molecule has 0 unspecified atom stereocenters. The van der Waals surface area contributed by atoms with Gasteiger partial charge in [-0.1, -0.05) is 45.0 Å². The highest BCUT2D eigenvalue weighted by Gasteiger charge is 2.33. The number of fused-ring (bicyclic) bond motifs is 4. The topological polar surface area (TPSA) is 140 Å². The fourth-order valence-corrected chi connectivity index (χ4v) is 8.00. The van der Waals surface area contributed by atoms with E-state index in [1.807, 2.05) is 32.0 Å². The Hall–Kier alpha value is -4.62. The van der Waals surface area contributed by atoms with Crippen molar-refractivity contribution in [2.45, 2.75) is 96.9 Å². The SMILES string of the molecule is CO[C@@H](C)[C@@H]1CCCN1c1cncc(CN2C(=O)c3cccc(c3)S(=O)(=O)Nc3nc(cc(-c4c(C)cccc4C)n3)OC[C@H]2CCC(C)(C)C)n1. The first-order valence-corrected chi connectivity index (χ1v) is 19.3. The predicted octanol–water partition coefficient (Wildman–Crippen LogP) is 6.58. The third kappa shape index (κ3) is 8.36. The van der Waals surface area contributed by atoms with E-state index < -0.39 is 16.1 Å². The molecule has 6 rings (SSSR count). The van der Waals surface area contributed by atoms with Crippen molar-refractivity contribution in [3.63, 3.8) is 0 Å². The summed E-state index contributed by atoms with van der Waals surface area (Å²) >= 11 is 0. The summed E-state index contributed by atoms with van der Waals surface area (Å²) in [6.45, 7) is 13.6. The van der Waals surface area contributed by atoms with Gasteiger partial charge < -0.3 is 19.3 Å². The van der Waals surface area contributed by atoms with E-state index in [4.69, 9.17) is 14.5 Å². The minimum atomic E-state index is -4.19. The van der Waals surface area contributed by atoms with Crippen LogP contribution >= 0.6 is 0 Å². The summed E-state index contributed by atoms with van der Waals surface area (Å²) in [6.07, 6.45) is 6.87. The number of ether oxygens (including phenoxy) is 2. The molecule has 4 heterocycles. The second kappa shape index (κ2) is 15.2. The number of carbonyl (C=O) groups excluding carboxylic acids is 1. The smallest absolute Gasteiger partial charge is 0.264 e. The lowest BCUT2D eigenvalue weighted by Crippen LogP contribution is -2.44. The molecular formula is C39H49N7O5S. The van der Waals surface area contributed by atoms with Gasteiger partial charge in [-0.2, -0.15) is 4.98 Å². The van der Waals surface area contributed by atoms with Crippen molar-refractivity contribution in [2.75, 3.05) is 29.9 Å². The molecule has 276 valence electrons. The largest absolute Gasteiger partial charge is 0.475 e. The van der Waals surface area contributed by atoms with E-state index in [1.54, 1.807) is 42.6 Å². The highest BCUT2D eigenvalue weighted by Crippen LogP contribution is 2.32. The van der Waals surface area contributed by atoms with Crippen molar-refractivity contribution in [3.05, 3.63) is 83.3 Å². The van der Waals surface area contributed by atoms with Crippen LogP contribution in [0.4, 0.5) is 11.8 Å². The summed E-state index contributed by atoms with van der Waals surface area (Å²) in [6, 6.07) is 13.4. The molecule has 13 heteroatoms. The lowest BCUT2D eigenvalue weighted by atomic mass is 9.88. The Morgan fingerprint density at radius 2 is 1.79 bits per heavy atom. The molecule has 1 saturated heterocycles. The van der Waals surface area contributed by atoms with Crippen LogP contribution in [0.2, 0.25) is 0 Å². The van der Waals surface area contributed by atoms with Crippen molar-refractivity contribution in [1.29, 1.82) is 0 Å². The van der Waals surface area contributed by atoms with Gasteiger partial charge in [0.25, 0.3) is 15.9 Å².